The van der Waals surface area contributed by atoms with Gasteiger partial charge in [-0.3, -0.25) is 10.8 Å². The molecule has 68 valence electrons. The Kier molecular flexibility index (Phi) is 2.49. The summed E-state index contributed by atoms with van der Waals surface area (Å²) in [5.41, 5.74) is 11.7. The maximum Gasteiger partial charge on any atom is 0.190 e. The van der Waals surface area contributed by atoms with Crippen LogP contribution in [0.1, 0.15) is 5.56 Å². The predicted molar refractivity (Wildman–Crippen MR) is 53.0 cm³/mol. The molecule has 0 saturated heterocycles. The van der Waals surface area contributed by atoms with E-state index >= 15 is 0 Å². The zero-order chi connectivity index (χ0) is 9.84. The van der Waals surface area contributed by atoms with Gasteiger partial charge in [0.25, 0.3) is 0 Å². The zero-order valence-corrected chi connectivity index (χ0v) is 6.96. The predicted octanol–water partition coefficient (Wildman–Crippen LogP) is 0.276. The van der Waals surface area contributed by atoms with E-state index in [0.717, 1.165) is 0 Å². The molecule has 0 spiro atoms. The van der Waals surface area contributed by atoms with Crippen LogP contribution in [-0.4, -0.2) is 11.8 Å². The van der Waals surface area contributed by atoms with Gasteiger partial charge < -0.3 is 16.8 Å². The van der Waals surface area contributed by atoms with Gasteiger partial charge >= 0.3 is 0 Å². The number of guanidine groups is 1. The fourth-order valence-corrected chi connectivity index (χ4v) is 0.889. The average Bonchev–Trinajstić information content (AvgIpc) is 2.04. The lowest BCUT2D eigenvalue weighted by molar-refractivity contribution is 1.40. The lowest BCUT2D eigenvalue weighted by Gasteiger charge is -2.03. The number of anilines is 1. The molecule has 13 heavy (non-hydrogen) atoms. The van der Waals surface area contributed by atoms with E-state index in [4.69, 9.17) is 22.3 Å². The molecule has 0 radical (unpaired) electrons. The molecule has 0 atom stereocenters. The van der Waals surface area contributed by atoms with Gasteiger partial charge in [-0.2, -0.15) is 0 Å². The van der Waals surface area contributed by atoms with Crippen LogP contribution in [-0.2, 0) is 0 Å². The number of hydrogen-bond acceptors (Lipinski definition) is 2. The summed E-state index contributed by atoms with van der Waals surface area (Å²) >= 11 is 0. The molecule has 0 fully saturated rings. The second-order valence-corrected chi connectivity index (χ2v) is 2.53. The second kappa shape index (κ2) is 3.57. The molecule has 0 amide bonds. The summed E-state index contributed by atoms with van der Waals surface area (Å²) in [4.78, 5) is 0. The Labute approximate surface area is 75.8 Å². The molecular weight excluding hydrogens is 166 g/mol. The molecule has 1 aromatic rings. The van der Waals surface area contributed by atoms with Gasteiger partial charge in [0.15, 0.2) is 5.96 Å². The minimum Gasteiger partial charge on any atom is -0.384 e. The standard InChI is InChI=1S/C8H11N5/c9-7(10)5-1-3-6(4-2-5)13-8(11)12/h1-4H,(H3,9,10)(H4,11,12,13). The number of amidine groups is 1. The second-order valence-electron chi connectivity index (χ2n) is 2.53. The van der Waals surface area contributed by atoms with E-state index in [1.807, 2.05) is 0 Å². The largest absolute Gasteiger partial charge is 0.384 e. The Balaban J connectivity index is 2.81. The first-order valence-corrected chi connectivity index (χ1v) is 3.65. The Hall–Kier alpha value is -2.04. The summed E-state index contributed by atoms with van der Waals surface area (Å²) in [5, 5.41) is 16.7. The molecule has 1 aromatic carbocycles. The van der Waals surface area contributed by atoms with Gasteiger partial charge in [0.2, 0.25) is 0 Å². The molecule has 1 rings (SSSR count). The molecule has 0 bridgehead atoms. The smallest absolute Gasteiger partial charge is 0.190 e. The summed E-state index contributed by atoms with van der Waals surface area (Å²) in [7, 11) is 0. The fraction of sp³-hybridized carbons (Fsp3) is 0. The van der Waals surface area contributed by atoms with Crippen molar-refractivity contribution in [3.63, 3.8) is 0 Å². The van der Waals surface area contributed by atoms with Crippen molar-refractivity contribution in [3.05, 3.63) is 29.8 Å². The first kappa shape index (κ1) is 9.05. The molecule has 0 unspecified atom stereocenters. The molecule has 5 heteroatoms. The molecule has 0 aromatic heterocycles. The van der Waals surface area contributed by atoms with Crippen molar-refractivity contribution in [2.24, 2.45) is 11.5 Å². The highest BCUT2D eigenvalue weighted by Gasteiger charge is 1.96. The highest BCUT2D eigenvalue weighted by molar-refractivity contribution is 5.96. The van der Waals surface area contributed by atoms with E-state index in [2.05, 4.69) is 5.32 Å². The Bertz CT molecular complexity index is 327. The lowest BCUT2D eigenvalue weighted by atomic mass is 10.2. The van der Waals surface area contributed by atoms with Gasteiger partial charge in [-0.25, -0.2) is 0 Å². The van der Waals surface area contributed by atoms with Crippen molar-refractivity contribution in [2.75, 3.05) is 5.32 Å². The Morgan fingerprint density at radius 2 is 1.62 bits per heavy atom. The van der Waals surface area contributed by atoms with E-state index in [1.54, 1.807) is 24.3 Å². The van der Waals surface area contributed by atoms with Gasteiger partial charge in [-0.05, 0) is 24.3 Å². The molecule has 0 heterocycles. The quantitative estimate of drug-likeness (QED) is 0.330. The van der Waals surface area contributed by atoms with Crippen LogP contribution in [0.4, 0.5) is 5.69 Å². The van der Waals surface area contributed by atoms with Crippen LogP contribution in [0, 0.1) is 10.8 Å². The van der Waals surface area contributed by atoms with E-state index < -0.39 is 0 Å². The van der Waals surface area contributed by atoms with Gasteiger partial charge in [-0.15, -0.1) is 0 Å². The molecule has 0 aliphatic heterocycles. The van der Waals surface area contributed by atoms with Gasteiger partial charge in [-0.1, -0.05) is 0 Å². The number of hydrogen-bond donors (Lipinski definition) is 5. The number of nitrogen functional groups attached to an aromatic ring is 1. The minimum absolute atomic E-state index is 0.0226. The topological polar surface area (TPSA) is 112 Å². The lowest BCUT2D eigenvalue weighted by Crippen LogP contribution is -2.20. The number of nitrogens with two attached hydrogens (primary N) is 2. The first-order valence-electron chi connectivity index (χ1n) is 3.65. The van der Waals surface area contributed by atoms with Crippen LogP contribution in [0.3, 0.4) is 0 Å². The number of benzene rings is 1. The SMILES string of the molecule is N=C(N)Nc1ccc(C(=N)N)cc1. The zero-order valence-electron chi connectivity index (χ0n) is 6.96. The van der Waals surface area contributed by atoms with Crippen LogP contribution in [0.25, 0.3) is 0 Å². The average molecular weight is 177 g/mol. The summed E-state index contributed by atoms with van der Waals surface area (Å²) in [6.07, 6.45) is 0. The number of rotatable bonds is 2. The van der Waals surface area contributed by atoms with E-state index in [-0.39, 0.29) is 11.8 Å². The monoisotopic (exact) mass is 177 g/mol. The normalized spacial score (nSPS) is 9.23. The summed E-state index contributed by atoms with van der Waals surface area (Å²) in [6.45, 7) is 0. The van der Waals surface area contributed by atoms with Crippen molar-refractivity contribution in [1.29, 1.82) is 10.8 Å². The minimum atomic E-state index is -0.115. The Morgan fingerprint density at radius 1 is 1.08 bits per heavy atom. The van der Waals surface area contributed by atoms with Crippen molar-refractivity contribution in [1.82, 2.24) is 0 Å². The first-order chi connectivity index (χ1) is 6.09. The molecule has 0 aliphatic rings. The van der Waals surface area contributed by atoms with E-state index in [1.165, 1.54) is 0 Å². The van der Waals surface area contributed by atoms with E-state index in [0.29, 0.717) is 11.3 Å². The van der Waals surface area contributed by atoms with Crippen molar-refractivity contribution >= 4 is 17.5 Å². The summed E-state index contributed by atoms with van der Waals surface area (Å²) < 4.78 is 0. The van der Waals surface area contributed by atoms with Gasteiger partial charge in [0.1, 0.15) is 5.84 Å². The summed E-state index contributed by atoms with van der Waals surface area (Å²) in [6, 6.07) is 6.79. The maximum absolute atomic E-state index is 7.14. The molecule has 0 aliphatic carbocycles. The fourth-order valence-electron chi connectivity index (χ4n) is 0.889. The van der Waals surface area contributed by atoms with Gasteiger partial charge in [0, 0.05) is 11.3 Å². The maximum atomic E-state index is 7.14. The third kappa shape index (κ3) is 2.48. The van der Waals surface area contributed by atoms with E-state index in [9.17, 15) is 0 Å². The highest BCUT2D eigenvalue weighted by atomic mass is 15.0. The third-order valence-electron chi connectivity index (χ3n) is 1.47. The van der Waals surface area contributed by atoms with Crippen LogP contribution in [0.5, 0.6) is 0 Å². The Morgan fingerprint density at radius 3 is 2.00 bits per heavy atom. The van der Waals surface area contributed by atoms with Crippen molar-refractivity contribution in [3.8, 4) is 0 Å². The van der Waals surface area contributed by atoms with Crippen molar-refractivity contribution in [2.45, 2.75) is 0 Å². The summed E-state index contributed by atoms with van der Waals surface area (Å²) in [5.74, 6) is -0.0926. The van der Waals surface area contributed by atoms with Gasteiger partial charge in [0.05, 0.1) is 0 Å². The molecule has 7 N–H and O–H groups in total. The third-order valence-corrected chi connectivity index (χ3v) is 1.47. The van der Waals surface area contributed by atoms with Crippen LogP contribution in [0.15, 0.2) is 24.3 Å². The van der Waals surface area contributed by atoms with Crippen LogP contribution < -0.4 is 16.8 Å². The van der Waals surface area contributed by atoms with Crippen LogP contribution in [0.2, 0.25) is 0 Å². The van der Waals surface area contributed by atoms with Crippen molar-refractivity contribution < 1.29 is 0 Å². The number of nitrogens with one attached hydrogen (secondary N) is 3. The van der Waals surface area contributed by atoms with Crippen LogP contribution >= 0.6 is 0 Å². The highest BCUT2D eigenvalue weighted by Crippen LogP contribution is 2.08. The molecule has 5 nitrogen and oxygen atoms in total. The molecular formula is C8H11N5. The molecule has 0 saturated carbocycles.